The van der Waals surface area contributed by atoms with Crippen molar-refractivity contribution in [3.63, 3.8) is 0 Å². The molecule has 0 radical (unpaired) electrons. The summed E-state index contributed by atoms with van der Waals surface area (Å²) in [5.74, 6) is 0.414. The zero-order valence-corrected chi connectivity index (χ0v) is 14.9. The number of ether oxygens (including phenoxy) is 2. The van der Waals surface area contributed by atoms with Crippen LogP contribution >= 0.6 is 0 Å². The summed E-state index contributed by atoms with van der Waals surface area (Å²) in [5, 5.41) is 6.26. The zero-order valence-electron chi connectivity index (χ0n) is 14.9. The van der Waals surface area contributed by atoms with Gasteiger partial charge >= 0.3 is 0 Å². The van der Waals surface area contributed by atoms with Gasteiger partial charge in [0.25, 0.3) is 5.91 Å². The largest absolute Gasteiger partial charge is 0.491 e. The van der Waals surface area contributed by atoms with Gasteiger partial charge in [0.05, 0.1) is 6.10 Å². The van der Waals surface area contributed by atoms with Crippen molar-refractivity contribution in [3.05, 3.63) is 71.7 Å². The van der Waals surface area contributed by atoms with Gasteiger partial charge in [0.1, 0.15) is 30.2 Å². The minimum atomic E-state index is -0.395. The van der Waals surface area contributed by atoms with E-state index in [2.05, 4.69) is 10.5 Å². The van der Waals surface area contributed by atoms with Crippen LogP contribution in [-0.2, 0) is 6.61 Å². The van der Waals surface area contributed by atoms with Crippen LogP contribution in [0.5, 0.6) is 11.5 Å². The molecule has 2 aromatic carbocycles. The number of hydrogen-bond acceptors (Lipinski definition) is 5. The molecule has 27 heavy (non-hydrogen) atoms. The molecule has 0 spiro atoms. The summed E-state index contributed by atoms with van der Waals surface area (Å²) < 4.78 is 29.9. The van der Waals surface area contributed by atoms with Crippen LogP contribution in [-0.4, -0.2) is 17.2 Å². The minimum absolute atomic E-state index is 0.0299. The van der Waals surface area contributed by atoms with Crippen LogP contribution in [0.4, 0.5) is 10.2 Å². The van der Waals surface area contributed by atoms with Crippen LogP contribution in [0.25, 0.3) is 0 Å². The highest BCUT2D eigenvalue weighted by molar-refractivity contribution is 6.04. The minimum Gasteiger partial charge on any atom is -0.491 e. The molecule has 6 nitrogen and oxygen atoms in total. The third kappa shape index (κ3) is 5.07. The molecule has 0 aliphatic rings. The fourth-order valence-electron chi connectivity index (χ4n) is 2.37. The molecular weight excluding hydrogens is 351 g/mol. The lowest BCUT2D eigenvalue weighted by molar-refractivity contribution is 0.102. The number of nitrogens with zero attached hydrogens (tertiary/aromatic N) is 1. The van der Waals surface area contributed by atoms with Gasteiger partial charge in [0, 0.05) is 23.3 Å². The highest BCUT2D eigenvalue weighted by atomic mass is 19.1. The molecule has 1 aromatic heterocycles. The van der Waals surface area contributed by atoms with Gasteiger partial charge in [-0.1, -0.05) is 23.4 Å². The van der Waals surface area contributed by atoms with Crippen molar-refractivity contribution in [2.24, 2.45) is 0 Å². The van der Waals surface area contributed by atoms with Gasteiger partial charge in [-0.3, -0.25) is 4.79 Å². The Kier molecular flexibility index (Phi) is 5.71. The highest BCUT2D eigenvalue weighted by Crippen LogP contribution is 2.25. The molecule has 140 valence electrons. The van der Waals surface area contributed by atoms with E-state index in [1.165, 1.54) is 18.4 Å². The SMILES string of the molecule is CC(C)Oc1cc(OCc2ccccc2F)cc(C(=O)Nc2ccon2)c1. The third-order valence-corrected chi connectivity index (χ3v) is 3.55. The summed E-state index contributed by atoms with van der Waals surface area (Å²) in [6.45, 7) is 3.78. The number of benzene rings is 2. The van der Waals surface area contributed by atoms with E-state index in [0.717, 1.165) is 0 Å². The first-order chi connectivity index (χ1) is 13.0. The number of carbonyl (C=O) groups is 1. The van der Waals surface area contributed by atoms with Crippen LogP contribution in [0.1, 0.15) is 29.8 Å². The van der Waals surface area contributed by atoms with Gasteiger partial charge in [0.15, 0.2) is 5.82 Å². The summed E-state index contributed by atoms with van der Waals surface area (Å²) in [6.07, 6.45) is 1.27. The zero-order chi connectivity index (χ0) is 19.2. The van der Waals surface area contributed by atoms with Crippen molar-refractivity contribution < 1.29 is 23.2 Å². The number of carbonyl (C=O) groups excluding carboxylic acids is 1. The first-order valence-corrected chi connectivity index (χ1v) is 8.41. The summed E-state index contributed by atoms with van der Waals surface area (Å²) >= 11 is 0. The molecular formula is C20H19FN2O4. The van der Waals surface area contributed by atoms with Crippen LogP contribution in [0.3, 0.4) is 0 Å². The Morgan fingerprint density at radius 3 is 2.67 bits per heavy atom. The normalized spacial score (nSPS) is 10.7. The number of rotatable bonds is 7. The summed E-state index contributed by atoms with van der Waals surface area (Å²) in [7, 11) is 0. The van der Waals surface area contributed by atoms with Crippen LogP contribution in [0.15, 0.2) is 59.3 Å². The van der Waals surface area contributed by atoms with E-state index in [9.17, 15) is 9.18 Å². The number of hydrogen-bond donors (Lipinski definition) is 1. The third-order valence-electron chi connectivity index (χ3n) is 3.55. The average Bonchev–Trinajstić information content (AvgIpc) is 3.13. The molecule has 0 aliphatic heterocycles. The maximum absolute atomic E-state index is 13.8. The lowest BCUT2D eigenvalue weighted by Gasteiger charge is -2.14. The standard InChI is InChI=1S/C20H19FN2O4/c1-13(2)27-17-10-15(20(24)22-19-7-8-26-23-19)9-16(11-17)25-12-14-5-3-4-6-18(14)21/h3-11,13H,12H2,1-2H3,(H,22,23,24). The van der Waals surface area contributed by atoms with Crippen molar-refractivity contribution in [1.29, 1.82) is 0 Å². The first-order valence-electron chi connectivity index (χ1n) is 8.41. The number of anilines is 1. The summed E-state index contributed by atoms with van der Waals surface area (Å²) in [4.78, 5) is 12.5. The summed E-state index contributed by atoms with van der Waals surface area (Å²) in [6, 6.07) is 12.7. The van der Waals surface area contributed by atoms with Crippen molar-refractivity contribution in [2.45, 2.75) is 26.6 Å². The van der Waals surface area contributed by atoms with E-state index < -0.39 is 5.91 Å². The quantitative estimate of drug-likeness (QED) is 0.666. The molecule has 0 unspecified atom stereocenters. The topological polar surface area (TPSA) is 73.6 Å². The predicted molar refractivity (Wildman–Crippen MR) is 97.4 cm³/mol. The molecule has 3 aromatic rings. The second-order valence-electron chi connectivity index (χ2n) is 6.08. The van der Waals surface area contributed by atoms with Crippen LogP contribution in [0, 0.1) is 5.82 Å². The Bertz CT molecular complexity index is 910. The lowest BCUT2D eigenvalue weighted by Crippen LogP contribution is -2.13. The Morgan fingerprint density at radius 2 is 1.96 bits per heavy atom. The van der Waals surface area contributed by atoms with Crippen LogP contribution in [0.2, 0.25) is 0 Å². The fourth-order valence-corrected chi connectivity index (χ4v) is 2.37. The van der Waals surface area contributed by atoms with Crippen molar-refractivity contribution in [3.8, 4) is 11.5 Å². The average molecular weight is 370 g/mol. The van der Waals surface area contributed by atoms with Crippen molar-refractivity contribution >= 4 is 11.7 Å². The molecule has 1 heterocycles. The van der Waals surface area contributed by atoms with Gasteiger partial charge in [0.2, 0.25) is 0 Å². The van der Waals surface area contributed by atoms with E-state index in [1.807, 2.05) is 13.8 Å². The van der Waals surface area contributed by atoms with E-state index in [-0.39, 0.29) is 18.5 Å². The Morgan fingerprint density at radius 1 is 1.19 bits per heavy atom. The molecule has 1 amide bonds. The molecule has 0 bridgehead atoms. The molecule has 0 saturated carbocycles. The molecule has 3 rings (SSSR count). The lowest BCUT2D eigenvalue weighted by atomic mass is 10.1. The Hall–Kier alpha value is -3.35. The molecule has 7 heteroatoms. The van der Waals surface area contributed by atoms with E-state index >= 15 is 0 Å². The molecule has 0 fully saturated rings. The number of amides is 1. The van der Waals surface area contributed by atoms with Gasteiger partial charge in [-0.05, 0) is 32.0 Å². The molecule has 0 aliphatic carbocycles. The van der Waals surface area contributed by atoms with Crippen molar-refractivity contribution in [1.82, 2.24) is 5.16 Å². The Labute approximate surface area is 155 Å². The second-order valence-corrected chi connectivity index (χ2v) is 6.08. The smallest absolute Gasteiger partial charge is 0.257 e. The fraction of sp³-hybridized carbons (Fsp3) is 0.200. The summed E-state index contributed by atoms with van der Waals surface area (Å²) in [5.41, 5.74) is 0.737. The predicted octanol–water partition coefficient (Wildman–Crippen LogP) is 4.43. The van der Waals surface area contributed by atoms with E-state index in [0.29, 0.717) is 28.4 Å². The van der Waals surface area contributed by atoms with E-state index in [1.54, 1.807) is 36.4 Å². The van der Waals surface area contributed by atoms with Gasteiger partial charge < -0.3 is 19.3 Å². The highest BCUT2D eigenvalue weighted by Gasteiger charge is 2.13. The maximum atomic E-state index is 13.8. The van der Waals surface area contributed by atoms with Gasteiger partial charge in [-0.15, -0.1) is 0 Å². The monoisotopic (exact) mass is 370 g/mol. The molecule has 0 saturated heterocycles. The van der Waals surface area contributed by atoms with Gasteiger partial charge in [-0.2, -0.15) is 0 Å². The molecule has 0 atom stereocenters. The number of aromatic nitrogens is 1. The molecule has 1 N–H and O–H groups in total. The van der Waals surface area contributed by atoms with Crippen LogP contribution < -0.4 is 14.8 Å². The van der Waals surface area contributed by atoms with E-state index in [4.69, 9.17) is 14.0 Å². The van der Waals surface area contributed by atoms with Gasteiger partial charge in [-0.25, -0.2) is 4.39 Å². The maximum Gasteiger partial charge on any atom is 0.257 e. The first kappa shape index (κ1) is 18.4. The number of halogens is 1. The Balaban J connectivity index is 1.81. The number of nitrogens with one attached hydrogen (secondary N) is 1. The van der Waals surface area contributed by atoms with Crippen molar-refractivity contribution in [2.75, 3.05) is 5.32 Å². The second kappa shape index (κ2) is 8.35.